The fraction of sp³-hybridized carbons (Fsp3) is 0.300. The molecule has 6 nitrogen and oxygen atoms in total. The van der Waals surface area contributed by atoms with Gasteiger partial charge in [-0.3, -0.25) is 0 Å². The first-order valence-electron chi connectivity index (χ1n) is 5.05. The third-order valence-electron chi connectivity index (χ3n) is 2.14. The molecule has 0 bridgehead atoms. The Morgan fingerprint density at radius 3 is 2.59 bits per heavy atom. The maximum absolute atomic E-state index is 5.64. The van der Waals surface area contributed by atoms with Gasteiger partial charge in [0.1, 0.15) is 0 Å². The van der Waals surface area contributed by atoms with Gasteiger partial charge in [-0.05, 0) is 17.9 Å². The Morgan fingerprint density at radius 2 is 2.00 bits per heavy atom. The van der Waals surface area contributed by atoms with E-state index in [1.165, 1.54) is 0 Å². The van der Waals surface area contributed by atoms with Gasteiger partial charge in [0.2, 0.25) is 17.8 Å². The van der Waals surface area contributed by atoms with Gasteiger partial charge in [-0.25, -0.2) is 0 Å². The van der Waals surface area contributed by atoms with Gasteiger partial charge in [0, 0.05) is 19.5 Å². The summed E-state index contributed by atoms with van der Waals surface area (Å²) in [6.45, 7) is 2.02. The minimum atomic E-state index is 0.207. The molecule has 0 aliphatic heterocycles. The van der Waals surface area contributed by atoms with Crippen LogP contribution in [-0.2, 0) is 0 Å². The maximum Gasteiger partial charge on any atom is 0.233 e. The van der Waals surface area contributed by atoms with Gasteiger partial charge in [0.25, 0.3) is 0 Å². The van der Waals surface area contributed by atoms with E-state index in [9.17, 15) is 0 Å². The number of rotatable bonds is 3. The van der Waals surface area contributed by atoms with Gasteiger partial charge >= 0.3 is 0 Å². The van der Waals surface area contributed by atoms with Gasteiger partial charge in [0.15, 0.2) is 0 Å². The summed E-state index contributed by atoms with van der Waals surface area (Å²) in [6.07, 6.45) is 0. The minimum absolute atomic E-state index is 0.207. The number of hydrogen-bond acceptors (Lipinski definition) is 7. The lowest BCUT2D eigenvalue weighted by molar-refractivity contribution is 0.969. The molecule has 0 saturated heterocycles. The van der Waals surface area contributed by atoms with Crippen molar-refractivity contribution in [2.75, 3.05) is 30.0 Å². The van der Waals surface area contributed by atoms with Crippen molar-refractivity contribution in [2.24, 2.45) is 0 Å². The van der Waals surface area contributed by atoms with Crippen molar-refractivity contribution >= 4 is 34.9 Å². The van der Waals surface area contributed by atoms with Gasteiger partial charge in [-0.1, -0.05) is 0 Å². The zero-order valence-electron chi connectivity index (χ0n) is 9.93. The van der Waals surface area contributed by atoms with Crippen molar-refractivity contribution in [3.8, 4) is 0 Å². The second-order valence-electron chi connectivity index (χ2n) is 3.81. The Morgan fingerprint density at radius 1 is 1.24 bits per heavy atom. The molecule has 2 rings (SSSR count). The summed E-state index contributed by atoms with van der Waals surface area (Å²) >= 11 is 1.62. The lowest BCUT2D eigenvalue weighted by Gasteiger charge is -2.12. The highest BCUT2D eigenvalue weighted by Gasteiger charge is 2.07. The molecule has 0 aliphatic rings. The second-order valence-corrected chi connectivity index (χ2v) is 4.55. The molecular formula is C10H14N6S. The molecule has 0 aliphatic carbocycles. The summed E-state index contributed by atoms with van der Waals surface area (Å²) in [4.78, 5) is 14.1. The van der Waals surface area contributed by atoms with Crippen LogP contribution in [-0.4, -0.2) is 29.0 Å². The Bertz CT molecular complexity index is 521. The van der Waals surface area contributed by atoms with Gasteiger partial charge in [0.05, 0.1) is 5.69 Å². The number of anilines is 4. The van der Waals surface area contributed by atoms with Crippen LogP contribution >= 0.6 is 11.3 Å². The van der Waals surface area contributed by atoms with Crippen LogP contribution in [0.15, 0.2) is 10.8 Å². The Balaban J connectivity index is 2.30. The maximum atomic E-state index is 5.64. The van der Waals surface area contributed by atoms with Gasteiger partial charge in [-0.2, -0.15) is 15.0 Å². The molecule has 0 radical (unpaired) electrons. The number of thiophene rings is 1. The molecule has 0 saturated carbocycles. The molecule has 2 aromatic rings. The largest absolute Gasteiger partial charge is 0.368 e. The summed E-state index contributed by atoms with van der Waals surface area (Å²) in [5.74, 6) is 1.20. The average Bonchev–Trinajstić information content (AvgIpc) is 2.63. The fourth-order valence-corrected chi connectivity index (χ4v) is 2.03. The van der Waals surface area contributed by atoms with Crippen molar-refractivity contribution in [1.82, 2.24) is 15.0 Å². The van der Waals surface area contributed by atoms with Gasteiger partial charge < -0.3 is 16.0 Å². The topological polar surface area (TPSA) is 80.0 Å². The average molecular weight is 250 g/mol. The normalized spacial score (nSPS) is 10.3. The predicted molar refractivity (Wildman–Crippen MR) is 70.9 cm³/mol. The predicted octanol–water partition coefficient (Wildman–Crippen LogP) is 1.63. The summed E-state index contributed by atoms with van der Waals surface area (Å²) in [7, 11) is 3.71. The molecule has 3 N–H and O–H groups in total. The van der Waals surface area contributed by atoms with Crippen LogP contribution in [0.5, 0.6) is 0 Å². The van der Waals surface area contributed by atoms with Crippen molar-refractivity contribution in [2.45, 2.75) is 6.92 Å². The lowest BCUT2D eigenvalue weighted by atomic mass is 10.3. The van der Waals surface area contributed by atoms with Crippen LogP contribution in [0.1, 0.15) is 5.56 Å². The quantitative estimate of drug-likeness (QED) is 0.862. The van der Waals surface area contributed by atoms with Crippen molar-refractivity contribution in [3.63, 3.8) is 0 Å². The highest BCUT2D eigenvalue weighted by atomic mass is 32.1. The van der Waals surface area contributed by atoms with Crippen LogP contribution in [0.3, 0.4) is 0 Å². The van der Waals surface area contributed by atoms with Crippen LogP contribution in [0.2, 0.25) is 0 Å². The second kappa shape index (κ2) is 4.54. The van der Waals surface area contributed by atoms with E-state index in [1.807, 2.05) is 26.4 Å². The van der Waals surface area contributed by atoms with Crippen LogP contribution in [0.4, 0.5) is 23.5 Å². The van der Waals surface area contributed by atoms with E-state index in [2.05, 4.69) is 25.6 Å². The van der Waals surface area contributed by atoms with Crippen LogP contribution in [0.25, 0.3) is 0 Å². The fourth-order valence-electron chi connectivity index (χ4n) is 1.25. The number of nitrogens with one attached hydrogen (secondary N) is 1. The molecule has 0 amide bonds. The SMILES string of the molecule is Cc1cscc1Nc1nc(N)nc(N(C)C)n1. The van der Waals surface area contributed by atoms with E-state index in [1.54, 1.807) is 16.2 Å². The number of nitrogens with two attached hydrogens (primary N) is 1. The first-order chi connectivity index (χ1) is 8.06. The lowest BCUT2D eigenvalue weighted by Crippen LogP contribution is -2.15. The van der Waals surface area contributed by atoms with Gasteiger partial charge in [-0.15, -0.1) is 11.3 Å². The molecule has 0 unspecified atom stereocenters. The number of hydrogen-bond donors (Lipinski definition) is 2. The highest BCUT2D eigenvalue weighted by molar-refractivity contribution is 7.08. The number of aryl methyl sites for hydroxylation is 1. The molecule has 0 spiro atoms. The number of nitrogen functional groups attached to an aromatic ring is 1. The van der Waals surface area contributed by atoms with E-state index < -0.39 is 0 Å². The Hall–Kier alpha value is -1.89. The summed E-state index contributed by atoms with van der Waals surface area (Å²) < 4.78 is 0. The molecule has 90 valence electrons. The molecule has 0 fully saturated rings. The van der Waals surface area contributed by atoms with E-state index in [0.717, 1.165) is 11.3 Å². The summed E-state index contributed by atoms with van der Waals surface area (Å²) in [5.41, 5.74) is 7.78. The minimum Gasteiger partial charge on any atom is -0.368 e. The number of nitrogens with zero attached hydrogens (tertiary/aromatic N) is 4. The molecular weight excluding hydrogens is 236 g/mol. The molecule has 2 aromatic heterocycles. The zero-order valence-corrected chi connectivity index (χ0v) is 10.7. The smallest absolute Gasteiger partial charge is 0.233 e. The van der Waals surface area contributed by atoms with E-state index in [0.29, 0.717) is 11.9 Å². The monoisotopic (exact) mass is 250 g/mol. The van der Waals surface area contributed by atoms with Crippen LogP contribution < -0.4 is 16.0 Å². The zero-order chi connectivity index (χ0) is 12.4. The molecule has 0 atom stereocenters. The highest BCUT2D eigenvalue weighted by Crippen LogP contribution is 2.23. The summed E-state index contributed by atoms with van der Waals surface area (Å²) in [5, 5.41) is 7.19. The summed E-state index contributed by atoms with van der Waals surface area (Å²) in [6, 6.07) is 0. The first kappa shape index (κ1) is 11.6. The Kier molecular flexibility index (Phi) is 3.10. The van der Waals surface area contributed by atoms with E-state index in [-0.39, 0.29) is 5.95 Å². The molecule has 7 heteroatoms. The third-order valence-corrected chi connectivity index (χ3v) is 3.00. The third kappa shape index (κ3) is 2.62. The van der Waals surface area contributed by atoms with Crippen molar-refractivity contribution in [1.29, 1.82) is 0 Å². The Labute approximate surface area is 104 Å². The first-order valence-corrected chi connectivity index (χ1v) is 5.99. The standard InChI is InChI=1S/C10H14N6S/c1-6-4-17-5-7(6)12-9-13-8(11)14-10(15-9)16(2)3/h4-5H,1-3H3,(H3,11,12,13,14,15). The van der Waals surface area contributed by atoms with Crippen molar-refractivity contribution < 1.29 is 0 Å². The number of aromatic nitrogens is 3. The van der Waals surface area contributed by atoms with Crippen LogP contribution in [0, 0.1) is 6.92 Å². The van der Waals surface area contributed by atoms with E-state index in [4.69, 9.17) is 5.73 Å². The van der Waals surface area contributed by atoms with Crippen molar-refractivity contribution in [3.05, 3.63) is 16.3 Å². The molecule has 17 heavy (non-hydrogen) atoms. The van der Waals surface area contributed by atoms with E-state index >= 15 is 0 Å². The molecule has 0 aromatic carbocycles. The molecule has 2 heterocycles.